The number of benzene rings is 2. The second kappa shape index (κ2) is 9.85. The predicted molar refractivity (Wildman–Crippen MR) is 111 cm³/mol. The number of ether oxygens (including phenoxy) is 1. The Morgan fingerprint density at radius 2 is 1.89 bits per heavy atom. The highest BCUT2D eigenvalue weighted by Gasteiger charge is 2.30. The van der Waals surface area contributed by atoms with E-state index < -0.39 is 0 Å². The average molecular weight is 378 g/mol. The molecule has 2 aromatic carbocycles. The Morgan fingerprint density at radius 3 is 2.61 bits per heavy atom. The summed E-state index contributed by atoms with van der Waals surface area (Å²) in [5, 5.41) is 3.02. The number of nitrogens with one attached hydrogen (secondary N) is 1. The molecule has 5 nitrogen and oxygen atoms in total. The average Bonchev–Trinajstić information content (AvgIpc) is 3.17. The molecule has 146 valence electrons. The van der Waals surface area contributed by atoms with E-state index in [1.165, 1.54) is 11.6 Å². The standard InChI is InChI=1S/C23H26N2O3/c1-2-28-22(26)15-12-18-10-13-20(14-11-18)24-23(27)21-9-6-16-25(21)17-19-7-4-3-5-8-19/h3-5,7-8,10-15,21H,2,6,9,16-17H2,1H3,(H,24,27)/b15-12+. The first kappa shape index (κ1) is 19.8. The van der Waals surface area contributed by atoms with Gasteiger partial charge in [0.25, 0.3) is 0 Å². The summed E-state index contributed by atoms with van der Waals surface area (Å²) in [6, 6.07) is 17.6. The quantitative estimate of drug-likeness (QED) is 0.587. The second-order valence-electron chi connectivity index (χ2n) is 6.81. The lowest BCUT2D eigenvalue weighted by Crippen LogP contribution is -2.39. The topological polar surface area (TPSA) is 58.6 Å². The zero-order valence-corrected chi connectivity index (χ0v) is 16.1. The molecule has 1 fully saturated rings. The number of hydrogen-bond donors (Lipinski definition) is 1. The van der Waals surface area contributed by atoms with Crippen molar-refractivity contribution in [2.24, 2.45) is 0 Å². The van der Waals surface area contributed by atoms with Crippen molar-refractivity contribution in [1.82, 2.24) is 4.90 Å². The zero-order valence-electron chi connectivity index (χ0n) is 16.1. The molecule has 0 bridgehead atoms. The second-order valence-corrected chi connectivity index (χ2v) is 6.81. The smallest absolute Gasteiger partial charge is 0.330 e. The summed E-state index contributed by atoms with van der Waals surface area (Å²) in [6.07, 6.45) is 5.00. The fourth-order valence-corrected chi connectivity index (χ4v) is 3.39. The zero-order chi connectivity index (χ0) is 19.8. The summed E-state index contributed by atoms with van der Waals surface area (Å²) >= 11 is 0. The van der Waals surface area contributed by atoms with Crippen LogP contribution in [-0.4, -0.2) is 36.0 Å². The highest BCUT2D eigenvalue weighted by atomic mass is 16.5. The molecule has 3 rings (SSSR count). The minimum atomic E-state index is -0.361. The van der Waals surface area contributed by atoms with Crippen LogP contribution in [0.4, 0.5) is 5.69 Å². The van der Waals surface area contributed by atoms with Crippen molar-refractivity contribution in [3.8, 4) is 0 Å². The Morgan fingerprint density at radius 1 is 1.14 bits per heavy atom. The first-order valence-electron chi connectivity index (χ1n) is 9.69. The highest BCUT2D eigenvalue weighted by Crippen LogP contribution is 2.22. The molecule has 0 saturated carbocycles. The van der Waals surface area contributed by atoms with Crippen molar-refractivity contribution < 1.29 is 14.3 Å². The highest BCUT2D eigenvalue weighted by molar-refractivity contribution is 5.95. The number of nitrogens with zero attached hydrogens (tertiary/aromatic N) is 1. The molecule has 28 heavy (non-hydrogen) atoms. The van der Waals surface area contributed by atoms with Crippen molar-refractivity contribution in [3.63, 3.8) is 0 Å². The lowest BCUT2D eigenvalue weighted by Gasteiger charge is -2.23. The summed E-state index contributed by atoms with van der Waals surface area (Å²) in [5.74, 6) is -0.331. The normalized spacial score (nSPS) is 17.0. The number of hydrogen-bond acceptors (Lipinski definition) is 4. The number of likely N-dealkylation sites (tertiary alicyclic amines) is 1. The fourth-order valence-electron chi connectivity index (χ4n) is 3.39. The minimum Gasteiger partial charge on any atom is -0.463 e. The van der Waals surface area contributed by atoms with Crippen molar-refractivity contribution in [2.45, 2.75) is 32.4 Å². The lowest BCUT2D eigenvalue weighted by molar-refractivity contribution is -0.137. The Bertz CT molecular complexity index is 816. The molecule has 1 heterocycles. The number of rotatable bonds is 7. The van der Waals surface area contributed by atoms with Crippen LogP contribution in [0.2, 0.25) is 0 Å². The van der Waals surface area contributed by atoms with E-state index in [2.05, 4.69) is 22.3 Å². The predicted octanol–water partition coefficient (Wildman–Crippen LogP) is 3.87. The third-order valence-electron chi connectivity index (χ3n) is 4.77. The first-order chi connectivity index (χ1) is 13.7. The number of anilines is 1. The van der Waals surface area contributed by atoms with Gasteiger partial charge in [-0.25, -0.2) is 4.79 Å². The van der Waals surface area contributed by atoms with Gasteiger partial charge in [-0.3, -0.25) is 9.69 Å². The molecule has 1 amide bonds. The van der Waals surface area contributed by atoms with Crippen molar-refractivity contribution in [3.05, 3.63) is 71.8 Å². The van der Waals surface area contributed by atoms with Gasteiger partial charge in [0.15, 0.2) is 0 Å². The van der Waals surface area contributed by atoms with E-state index in [9.17, 15) is 9.59 Å². The molecule has 0 spiro atoms. The van der Waals surface area contributed by atoms with Crippen molar-refractivity contribution >= 4 is 23.6 Å². The monoisotopic (exact) mass is 378 g/mol. The summed E-state index contributed by atoms with van der Waals surface area (Å²) in [4.78, 5) is 26.4. The van der Waals surface area contributed by atoms with E-state index in [1.54, 1.807) is 13.0 Å². The summed E-state index contributed by atoms with van der Waals surface area (Å²) in [7, 11) is 0. The molecule has 0 aliphatic carbocycles. The maximum Gasteiger partial charge on any atom is 0.330 e. The Hall–Kier alpha value is -2.92. The van der Waals surface area contributed by atoms with Crippen LogP contribution in [0.3, 0.4) is 0 Å². The molecule has 1 saturated heterocycles. The van der Waals surface area contributed by atoms with E-state index in [4.69, 9.17) is 4.74 Å². The van der Waals surface area contributed by atoms with Gasteiger partial charge >= 0.3 is 5.97 Å². The summed E-state index contributed by atoms with van der Waals surface area (Å²) < 4.78 is 4.86. The number of carbonyl (C=O) groups excluding carboxylic acids is 2. The molecule has 0 radical (unpaired) electrons. The van der Waals surface area contributed by atoms with Crippen molar-refractivity contribution in [1.29, 1.82) is 0 Å². The largest absolute Gasteiger partial charge is 0.463 e. The molecule has 1 aliphatic rings. The molecule has 2 aromatic rings. The molecule has 0 aromatic heterocycles. The van der Waals surface area contributed by atoms with Gasteiger partial charge in [-0.05, 0) is 55.6 Å². The van der Waals surface area contributed by atoms with E-state index in [0.717, 1.165) is 37.2 Å². The summed E-state index contributed by atoms with van der Waals surface area (Å²) in [5.41, 5.74) is 2.85. The van der Waals surface area contributed by atoms with Crippen LogP contribution in [0.15, 0.2) is 60.7 Å². The third kappa shape index (κ3) is 5.54. The molecule has 5 heteroatoms. The van der Waals surface area contributed by atoms with Crippen LogP contribution in [0.25, 0.3) is 6.08 Å². The van der Waals surface area contributed by atoms with E-state index >= 15 is 0 Å². The fraction of sp³-hybridized carbons (Fsp3) is 0.304. The number of amides is 1. The Balaban J connectivity index is 1.57. The van der Waals surface area contributed by atoms with Crippen LogP contribution in [0, 0.1) is 0 Å². The first-order valence-corrected chi connectivity index (χ1v) is 9.69. The van der Waals surface area contributed by atoms with Gasteiger partial charge in [-0.15, -0.1) is 0 Å². The van der Waals surface area contributed by atoms with Gasteiger partial charge in [0.2, 0.25) is 5.91 Å². The van der Waals surface area contributed by atoms with Gasteiger partial charge in [0, 0.05) is 18.3 Å². The third-order valence-corrected chi connectivity index (χ3v) is 4.77. The van der Waals surface area contributed by atoms with Gasteiger partial charge in [0.1, 0.15) is 0 Å². The maximum atomic E-state index is 12.8. The minimum absolute atomic E-state index is 0.0308. The van der Waals surface area contributed by atoms with E-state index in [-0.39, 0.29) is 17.9 Å². The molecule has 1 unspecified atom stereocenters. The lowest BCUT2D eigenvalue weighted by atomic mass is 10.1. The Labute approximate surface area is 166 Å². The van der Waals surface area contributed by atoms with Crippen LogP contribution in [0.1, 0.15) is 30.9 Å². The summed E-state index contributed by atoms with van der Waals surface area (Å²) in [6.45, 7) is 3.85. The van der Waals surface area contributed by atoms with Crippen LogP contribution >= 0.6 is 0 Å². The van der Waals surface area contributed by atoms with Gasteiger partial charge in [-0.1, -0.05) is 42.5 Å². The van der Waals surface area contributed by atoms with Gasteiger partial charge in [-0.2, -0.15) is 0 Å². The Kier molecular flexibility index (Phi) is 6.98. The van der Waals surface area contributed by atoms with Crippen LogP contribution in [0.5, 0.6) is 0 Å². The molecular weight excluding hydrogens is 352 g/mol. The molecule has 1 atom stereocenters. The molecule has 1 N–H and O–H groups in total. The SMILES string of the molecule is CCOC(=O)/C=C/c1ccc(NC(=O)C2CCCN2Cc2ccccc2)cc1. The molecular formula is C23H26N2O3. The van der Waals surface area contributed by atoms with E-state index in [0.29, 0.717) is 6.61 Å². The molecule has 1 aliphatic heterocycles. The maximum absolute atomic E-state index is 12.8. The number of carbonyl (C=O) groups is 2. The van der Waals surface area contributed by atoms with Gasteiger partial charge in [0.05, 0.1) is 12.6 Å². The number of esters is 1. The van der Waals surface area contributed by atoms with E-state index in [1.807, 2.05) is 42.5 Å². The van der Waals surface area contributed by atoms with Crippen molar-refractivity contribution in [2.75, 3.05) is 18.5 Å². The van der Waals surface area contributed by atoms with Crippen LogP contribution in [-0.2, 0) is 20.9 Å². The van der Waals surface area contributed by atoms with Gasteiger partial charge < -0.3 is 10.1 Å². The van der Waals surface area contributed by atoms with Crippen LogP contribution < -0.4 is 5.32 Å².